The van der Waals surface area contributed by atoms with Crippen LogP contribution >= 0.6 is 0 Å². The monoisotopic (exact) mass is 362 g/mol. The minimum absolute atomic E-state index is 0.00864. The van der Waals surface area contributed by atoms with Gasteiger partial charge in [0.15, 0.2) is 0 Å². The lowest BCUT2D eigenvalue weighted by Crippen LogP contribution is -2.51. The van der Waals surface area contributed by atoms with Crippen LogP contribution in [-0.4, -0.2) is 59.3 Å². The number of rotatable bonds is 5. The van der Waals surface area contributed by atoms with Crippen LogP contribution in [0.1, 0.15) is 27.2 Å². The summed E-state index contributed by atoms with van der Waals surface area (Å²) in [6.45, 7) is 9.26. The van der Waals surface area contributed by atoms with E-state index in [0.717, 1.165) is 13.1 Å². The number of nitro benzene ring substituents is 1. The van der Waals surface area contributed by atoms with Crippen LogP contribution in [0.25, 0.3) is 0 Å². The van der Waals surface area contributed by atoms with Gasteiger partial charge < -0.3 is 10.2 Å². The van der Waals surface area contributed by atoms with E-state index < -0.39 is 4.92 Å². The minimum atomic E-state index is -0.477. The van der Waals surface area contributed by atoms with Crippen LogP contribution in [0.15, 0.2) is 24.3 Å². The molecule has 1 saturated heterocycles. The van der Waals surface area contributed by atoms with Crippen molar-refractivity contribution >= 4 is 23.2 Å². The lowest BCUT2D eigenvalue weighted by atomic mass is 9.94. The third kappa shape index (κ3) is 5.52. The highest BCUT2D eigenvalue weighted by molar-refractivity contribution is 5.90. The molecule has 0 radical (unpaired) electrons. The van der Waals surface area contributed by atoms with E-state index >= 15 is 0 Å². The lowest BCUT2D eigenvalue weighted by molar-refractivity contribution is -0.384. The van der Waals surface area contributed by atoms with Gasteiger partial charge in [-0.3, -0.25) is 24.6 Å². The van der Waals surface area contributed by atoms with E-state index in [1.807, 2.05) is 25.7 Å². The van der Waals surface area contributed by atoms with Crippen LogP contribution in [0.2, 0.25) is 0 Å². The van der Waals surface area contributed by atoms with Gasteiger partial charge in [0.05, 0.1) is 4.92 Å². The fourth-order valence-electron chi connectivity index (χ4n) is 2.80. The van der Waals surface area contributed by atoms with Crippen molar-refractivity contribution in [1.82, 2.24) is 9.80 Å². The topological polar surface area (TPSA) is 95.8 Å². The first-order chi connectivity index (χ1) is 12.2. The molecule has 0 saturated carbocycles. The highest BCUT2D eigenvalue weighted by Crippen LogP contribution is 2.19. The number of anilines is 1. The van der Waals surface area contributed by atoms with Gasteiger partial charge in [-0.15, -0.1) is 0 Å². The molecule has 1 fully saturated rings. The Bertz CT molecular complexity index is 659. The number of amides is 2. The SMILES string of the molecule is CC(C)(C)C(=O)N1CCN(CCC(=O)Nc2ccc([N+](=O)[O-])cc2)CC1. The Morgan fingerprint density at radius 3 is 2.19 bits per heavy atom. The second kappa shape index (κ2) is 8.27. The first kappa shape index (κ1) is 19.8. The molecule has 0 aliphatic carbocycles. The van der Waals surface area contributed by atoms with E-state index in [4.69, 9.17) is 0 Å². The first-order valence-corrected chi connectivity index (χ1v) is 8.73. The van der Waals surface area contributed by atoms with Crippen LogP contribution in [0, 0.1) is 15.5 Å². The molecular weight excluding hydrogens is 336 g/mol. The van der Waals surface area contributed by atoms with Crippen LogP contribution in [0.4, 0.5) is 11.4 Å². The van der Waals surface area contributed by atoms with Crippen LogP contribution in [0.3, 0.4) is 0 Å². The van der Waals surface area contributed by atoms with Crippen molar-refractivity contribution in [3.8, 4) is 0 Å². The molecule has 0 unspecified atom stereocenters. The predicted molar refractivity (Wildman–Crippen MR) is 98.8 cm³/mol. The molecule has 1 aliphatic heterocycles. The first-order valence-electron chi connectivity index (χ1n) is 8.73. The quantitative estimate of drug-likeness (QED) is 0.639. The Hall–Kier alpha value is -2.48. The van der Waals surface area contributed by atoms with E-state index in [1.165, 1.54) is 24.3 Å². The third-order valence-electron chi connectivity index (χ3n) is 4.32. The van der Waals surface area contributed by atoms with Gasteiger partial charge in [-0.25, -0.2) is 0 Å². The zero-order valence-corrected chi connectivity index (χ0v) is 15.5. The minimum Gasteiger partial charge on any atom is -0.340 e. The number of piperazine rings is 1. The van der Waals surface area contributed by atoms with Crippen molar-refractivity contribution in [2.45, 2.75) is 27.2 Å². The molecule has 2 amide bonds. The van der Waals surface area contributed by atoms with Crippen LogP contribution in [-0.2, 0) is 9.59 Å². The second-order valence-corrected chi connectivity index (χ2v) is 7.49. The number of carbonyl (C=O) groups is 2. The van der Waals surface area contributed by atoms with Gasteiger partial charge in [0.25, 0.3) is 5.69 Å². The van der Waals surface area contributed by atoms with E-state index in [1.54, 1.807) is 0 Å². The number of hydrogen-bond donors (Lipinski definition) is 1. The number of nitro groups is 1. The second-order valence-electron chi connectivity index (χ2n) is 7.49. The number of benzene rings is 1. The number of non-ortho nitro benzene ring substituents is 1. The van der Waals surface area contributed by atoms with Crippen molar-refractivity contribution in [3.63, 3.8) is 0 Å². The van der Waals surface area contributed by atoms with Gasteiger partial charge in [-0.05, 0) is 12.1 Å². The Kier molecular flexibility index (Phi) is 6.31. The highest BCUT2D eigenvalue weighted by atomic mass is 16.6. The average molecular weight is 362 g/mol. The molecule has 1 aliphatic rings. The summed E-state index contributed by atoms with van der Waals surface area (Å²) in [6, 6.07) is 5.77. The molecule has 1 aromatic carbocycles. The number of nitrogens with zero attached hydrogens (tertiary/aromatic N) is 3. The Morgan fingerprint density at radius 2 is 1.69 bits per heavy atom. The molecule has 1 aromatic rings. The summed E-state index contributed by atoms with van der Waals surface area (Å²) in [7, 11) is 0. The molecule has 8 nitrogen and oxygen atoms in total. The maximum atomic E-state index is 12.3. The molecule has 1 N–H and O–H groups in total. The third-order valence-corrected chi connectivity index (χ3v) is 4.32. The van der Waals surface area contributed by atoms with E-state index in [0.29, 0.717) is 31.7 Å². The van der Waals surface area contributed by atoms with Gasteiger partial charge in [0.1, 0.15) is 0 Å². The van der Waals surface area contributed by atoms with Crippen LogP contribution in [0.5, 0.6) is 0 Å². The number of hydrogen-bond acceptors (Lipinski definition) is 5. The van der Waals surface area contributed by atoms with E-state index in [-0.39, 0.29) is 22.9 Å². The zero-order valence-electron chi connectivity index (χ0n) is 15.5. The zero-order chi connectivity index (χ0) is 19.3. The van der Waals surface area contributed by atoms with E-state index in [9.17, 15) is 19.7 Å². The van der Waals surface area contributed by atoms with Crippen LogP contribution < -0.4 is 5.32 Å². The van der Waals surface area contributed by atoms with Crippen molar-refractivity contribution < 1.29 is 14.5 Å². The summed E-state index contributed by atoms with van der Waals surface area (Å²) < 4.78 is 0. The number of nitrogens with one attached hydrogen (secondary N) is 1. The van der Waals surface area contributed by atoms with Gasteiger partial charge in [0, 0.05) is 62.4 Å². The summed E-state index contributed by atoms with van der Waals surface area (Å²) in [5, 5.41) is 13.4. The Balaban J connectivity index is 1.73. The van der Waals surface area contributed by atoms with Gasteiger partial charge in [-0.2, -0.15) is 0 Å². The molecule has 0 atom stereocenters. The molecule has 26 heavy (non-hydrogen) atoms. The maximum Gasteiger partial charge on any atom is 0.269 e. The van der Waals surface area contributed by atoms with E-state index in [2.05, 4.69) is 10.2 Å². The van der Waals surface area contributed by atoms with Crippen molar-refractivity contribution in [3.05, 3.63) is 34.4 Å². The average Bonchev–Trinajstić information content (AvgIpc) is 2.59. The summed E-state index contributed by atoms with van der Waals surface area (Å²) in [6.07, 6.45) is 0.338. The lowest BCUT2D eigenvalue weighted by Gasteiger charge is -2.37. The summed E-state index contributed by atoms with van der Waals surface area (Å²) in [5.41, 5.74) is 0.166. The van der Waals surface area contributed by atoms with Gasteiger partial charge in [0.2, 0.25) is 11.8 Å². The normalized spacial score (nSPS) is 15.6. The van der Waals surface area contributed by atoms with Crippen molar-refractivity contribution in [2.24, 2.45) is 5.41 Å². The standard InChI is InChI=1S/C18H26N4O4/c1-18(2,3)17(24)21-12-10-20(11-13-21)9-8-16(23)19-14-4-6-15(7-5-14)22(25)26/h4-7H,8-13H2,1-3H3,(H,19,23). The van der Waals surface area contributed by atoms with Crippen molar-refractivity contribution in [1.29, 1.82) is 0 Å². The predicted octanol–water partition coefficient (Wildman–Crippen LogP) is 2.11. The molecule has 0 bridgehead atoms. The summed E-state index contributed by atoms with van der Waals surface area (Å²) in [5.74, 6) is 0.0279. The van der Waals surface area contributed by atoms with Gasteiger partial charge in [-0.1, -0.05) is 20.8 Å². The highest BCUT2D eigenvalue weighted by Gasteiger charge is 2.29. The fraction of sp³-hybridized carbons (Fsp3) is 0.556. The Morgan fingerprint density at radius 1 is 1.12 bits per heavy atom. The molecule has 8 heteroatoms. The fourth-order valence-corrected chi connectivity index (χ4v) is 2.80. The summed E-state index contributed by atoms with van der Waals surface area (Å²) >= 11 is 0. The van der Waals surface area contributed by atoms with Crippen molar-refractivity contribution in [2.75, 3.05) is 38.0 Å². The smallest absolute Gasteiger partial charge is 0.269 e. The molecule has 1 heterocycles. The maximum absolute atomic E-state index is 12.3. The molecular formula is C18H26N4O4. The molecule has 0 aromatic heterocycles. The molecule has 142 valence electrons. The summed E-state index contributed by atoms with van der Waals surface area (Å²) in [4.78, 5) is 38.5. The largest absolute Gasteiger partial charge is 0.340 e. The van der Waals surface area contributed by atoms with Gasteiger partial charge >= 0.3 is 0 Å². The number of carbonyl (C=O) groups excluding carboxylic acids is 2. The Labute approximate surface area is 153 Å². The molecule has 2 rings (SSSR count). The molecule has 0 spiro atoms.